The van der Waals surface area contributed by atoms with E-state index in [9.17, 15) is 13.6 Å². The maximum atomic E-state index is 13.6. The van der Waals surface area contributed by atoms with Crippen molar-refractivity contribution >= 4 is 5.91 Å². The summed E-state index contributed by atoms with van der Waals surface area (Å²) in [6, 6.07) is 10.5. The number of hydrogen-bond donors (Lipinski definition) is 1. The predicted octanol–water partition coefficient (Wildman–Crippen LogP) is 3.73. The minimum Gasteiger partial charge on any atom is -0.492 e. The first-order chi connectivity index (χ1) is 11.6. The summed E-state index contributed by atoms with van der Waals surface area (Å²) >= 11 is 0. The Labute approximate surface area is 139 Å². The van der Waals surface area contributed by atoms with E-state index in [0.29, 0.717) is 35.8 Å². The van der Waals surface area contributed by atoms with E-state index < -0.39 is 11.6 Å². The predicted molar refractivity (Wildman–Crippen MR) is 87.1 cm³/mol. The zero-order valence-corrected chi connectivity index (χ0v) is 13.2. The smallest absolute Gasteiger partial charge is 0.255 e. The molecular weight excluding hydrogens is 312 g/mol. The topological polar surface area (TPSA) is 38.3 Å². The number of rotatable bonds is 7. The second-order valence-electron chi connectivity index (χ2n) is 5.99. The summed E-state index contributed by atoms with van der Waals surface area (Å²) < 4.78 is 32.2. The molecule has 1 aliphatic rings. The molecule has 0 bridgehead atoms. The van der Waals surface area contributed by atoms with E-state index in [0.717, 1.165) is 6.07 Å². The number of amides is 1. The van der Waals surface area contributed by atoms with E-state index in [4.69, 9.17) is 4.74 Å². The average Bonchev–Trinajstić information content (AvgIpc) is 3.39. The first-order valence-electron chi connectivity index (χ1n) is 8.07. The number of hydrogen-bond acceptors (Lipinski definition) is 2. The monoisotopic (exact) mass is 331 g/mol. The maximum Gasteiger partial charge on any atom is 0.255 e. The van der Waals surface area contributed by atoms with Gasteiger partial charge in [0.15, 0.2) is 0 Å². The molecule has 0 heterocycles. The molecule has 2 aromatic rings. The fourth-order valence-electron chi connectivity index (χ4n) is 2.40. The molecular formula is C19H19F2NO2. The zero-order chi connectivity index (χ0) is 16.9. The van der Waals surface area contributed by atoms with Gasteiger partial charge in [0.2, 0.25) is 0 Å². The average molecular weight is 331 g/mol. The summed E-state index contributed by atoms with van der Waals surface area (Å²) in [4.78, 5) is 12.3. The van der Waals surface area contributed by atoms with Gasteiger partial charge in [-0.05, 0) is 48.9 Å². The SMILES string of the molecule is O=C(NCCc1ccc(F)cc1F)c1ccccc1OCC1CC1. The van der Waals surface area contributed by atoms with Crippen molar-refractivity contribution in [3.05, 3.63) is 65.2 Å². The minimum atomic E-state index is -0.609. The fourth-order valence-corrected chi connectivity index (χ4v) is 2.40. The number of carbonyl (C=O) groups is 1. The Bertz CT molecular complexity index is 729. The summed E-state index contributed by atoms with van der Waals surface area (Å²) in [5.41, 5.74) is 0.840. The quantitative estimate of drug-likeness (QED) is 0.840. The van der Waals surface area contributed by atoms with Crippen molar-refractivity contribution in [2.24, 2.45) is 5.92 Å². The van der Waals surface area contributed by atoms with Gasteiger partial charge < -0.3 is 10.1 Å². The van der Waals surface area contributed by atoms with Crippen LogP contribution in [0.1, 0.15) is 28.8 Å². The number of halogens is 2. The van der Waals surface area contributed by atoms with E-state index in [1.54, 1.807) is 18.2 Å². The Balaban J connectivity index is 1.56. The Morgan fingerprint density at radius 3 is 2.71 bits per heavy atom. The second kappa shape index (κ2) is 7.43. The summed E-state index contributed by atoms with van der Waals surface area (Å²) in [7, 11) is 0. The highest BCUT2D eigenvalue weighted by atomic mass is 19.1. The molecule has 0 aromatic heterocycles. The number of benzene rings is 2. The standard InChI is InChI=1S/C19H19F2NO2/c20-15-8-7-14(17(21)11-15)9-10-22-19(23)16-3-1-2-4-18(16)24-12-13-5-6-13/h1-4,7-8,11,13H,5-6,9-10,12H2,(H,22,23). The molecule has 5 heteroatoms. The highest BCUT2D eigenvalue weighted by molar-refractivity contribution is 5.96. The molecule has 0 atom stereocenters. The molecule has 0 spiro atoms. The highest BCUT2D eigenvalue weighted by Crippen LogP contribution is 2.30. The lowest BCUT2D eigenvalue weighted by molar-refractivity contribution is 0.0949. The lowest BCUT2D eigenvalue weighted by Crippen LogP contribution is -2.26. The van der Waals surface area contributed by atoms with Crippen molar-refractivity contribution in [3.8, 4) is 5.75 Å². The lowest BCUT2D eigenvalue weighted by Gasteiger charge is -2.11. The van der Waals surface area contributed by atoms with Crippen molar-refractivity contribution in [1.82, 2.24) is 5.32 Å². The van der Waals surface area contributed by atoms with Gasteiger partial charge in [0.05, 0.1) is 12.2 Å². The van der Waals surface area contributed by atoms with Gasteiger partial charge in [0.25, 0.3) is 5.91 Å². The Morgan fingerprint density at radius 1 is 1.17 bits per heavy atom. The molecule has 24 heavy (non-hydrogen) atoms. The van der Waals surface area contributed by atoms with Crippen LogP contribution in [-0.4, -0.2) is 19.1 Å². The van der Waals surface area contributed by atoms with E-state index in [-0.39, 0.29) is 12.5 Å². The van der Waals surface area contributed by atoms with Crippen LogP contribution in [0.2, 0.25) is 0 Å². The van der Waals surface area contributed by atoms with Crippen LogP contribution < -0.4 is 10.1 Å². The minimum absolute atomic E-state index is 0.260. The van der Waals surface area contributed by atoms with Gasteiger partial charge in [-0.2, -0.15) is 0 Å². The van der Waals surface area contributed by atoms with E-state index in [1.807, 2.05) is 6.07 Å². The molecule has 126 valence electrons. The molecule has 0 aliphatic heterocycles. The third-order valence-corrected chi connectivity index (χ3v) is 4.00. The number of ether oxygens (including phenoxy) is 1. The third-order valence-electron chi connectivity index (χ3n) is 4.00. The van der Waals surface area contributed by atoms with Crippen molar-refractivity contribution in [1.29, 1.82) is 0 Å². The first kappa shape index (κ1) is 16.4. The molecule has 0 radical (unpaired) electrons. The van der Waals surface area contributed by atoms with Crippen LogP contribution in [0.3, 0.4) is 0 Å². The van der Waals surface area contributed by atoms with Crippen molar-refractivity contribution < 1.29 is 18.3 Å². The normalized spacial score (nSPS) is 13.6. The molecule has 0 unspecified atom stereocenters. The van der Waals surface area contributed by atoms with Crippen LogP contribution in [0.5, 0.6) is 5.75 Å². The molecule has 3 nitrogen and oxygen atoms in total. The Kier molecular flexibility index (Phi) is 5.08. The van der Waals surface area contributed by atoms with Gasteiger partial charge >= 0.3 is 0 Å². The maximum absolute atomic E-state index is 13.6. The van der Waals surface area contributed by atoms with E-state index in [1.165, 1.54) is 25.0 Å². The molecule has 3 rings (SSSR count). The molecule has 1 saturated carbocycles. The van der Waals surface area contributed by atoms with E-state index >= 15 is 0 Å². The summed E-state index contributed by atoms with van der Waals surface area (Å²) in [6.45, 7) is 0.892. The van der Waals surface area contributed by atoms with Gasteiger partial charge in [-0.3, -0.25) is 4.79 Å². The number of para-hydroxylation sites is 1. The molecule has 1 amide bonds. The number of carbonyl (C=O) groups excluding carboxylic acids is 1. The van der Waals surface area contributed by atoms with Crippen LogP contribution in [-0.2, 0) is 6.42 Å². The summed E-state index contributed by atoms with van der Waals surface area (Å²) in [5, 5.41) is 2.75. The van der Waals surface area contributed by atoms with Crippen molar-refractivity contribution in [3.63, 3.8) is 0 Å². The van der Waals surface area contributed by atoms with Crippen molar-refractivity contribution in [2.75, 3.05) is 13.2 Å². The largest absolute Gasteiger partial charge is 0.492 e. The third kappa shape index (κ3) is 4.31. The molecule has 0 saturated heterocycles. The lowest BCUT2D eigenvalue weighted by atomic mass is 10.1. The van der Waals surface area contributed by atoms with Gasteiger partial charge in [0.1, 0.15) is 17.4 Å². The number of nitrogens with one attached hydrogen (secondary N) is 1. The van der Waals surface area contributed by atoms with Gasteiger partial charge in [-0.25, -0.2) is 8.78 Å². The van der Waals surface area contributed by atoms with Crippen LogP contribution >= 0.6 is 0 Å². The van der Waals surface area contributed by atoms with Gasteiger partial charge in [0, 0.05) is 12.6 Å². The molecule has 2 aromatic carbocycles. The van der Waals surface area contributed by atoms with E-state index in [2.05, 4.69) is 5.32 Å². The second-order valence-corrected chi connectivity index (χ2v) is 5.99. The molecule has 1 aliphatic carbocycles. The Morgan fingerprint density at radius 2 is 1.96 bits per heavy atom. The first-order valence-corrected chi connectivity index (χ1v) is 8.07. The summed E-state index contributed by atoms with van der Waals surface area (Å²) in [5.74, 6) is -0.305. The summed E-state index contributed by atoms with van der Waals surface area (Å²) in [6.07, 6.45) is 2.65. The van der Waals surface area contributed by atoms with Crippen LogP contribution in [0, 0.1) is 17.6 Å². The highest BCUT2D eigenvalue weighted by Gasteiger charge is 2.23. The molecule has 1 N–H and O–H groups in total. The van der Waals surface area contributed by atoms with Crippen LogP contribution in [0.4, 0.5) is 8.78 Å². The van der Waals surface area contributed by atoms with Crippen LogP contribution in [0.15, 0.2) is 42.5 Å². The fraction of sp³-hybridized carbons (Fsp3) is 0.316. The molecule has 1 fully saturated rings. The van der Waals surface area contributed by atoms with Crippen LogP contribution in [0.25, 0.3) is 0 Å². The zero-order valence-electron chi connectivity index (χ0n) is 13.2. The van der Waals surface area contributed by atoms with Gasteiger partial charge in [-0.15, -0.1) is 0 Å². The van der Waals surface area contributed by atoms with Crippen molar-refractivity contribution in [2.45, 2.75) is 19.3 Å². The Hall–Kier alpha value is -2.43. The van der Waals surface area contributed by atoms with Gasteiger partial charge in [-0.1, -0.05) is 18.2 Å².